The van der Waals surface area contributed by atoms with Crippen LogP contribution in [0.15, 0.2) is 18.2 Å². The molecular formula is C12H17Cl2NO2. The molecule has 0 saturated heterocycles. The van der Waals surface area contributed by atoms with Gasteiger partial charge in [-0.1, -0.05) is 37.0 Å². The maximum Gasteiger partial charge on any atom is 0.139 e. The van der Waals surface area contributed by atoms with Crippen molar-refractivity contribution in [1.29, 1.82) is 0 Å². The van der Waals surface area contributed by atoms with Crippen LogP contribution in [0.1, 0.15) is 13.8 Å². The fraction of sp³-hybridized carbons (Fsp3) is 0.500. The summed E-state index contributed by atoms with van der Waals surface area (Å²) in [4.78, 5) is 0. The van der Waals surface area contributed by atoms with Crippen molar-refractivity contribution in [3.63, 3.8) is 0 Å². The minimum atomic E-state index is -0.576. The Kier molecular flexibility index (Phi) is 6.06. The zero-order chi connectivity index (χ0) is 12.8. The van der Waals surface area contributed by atoms with Gasteiger partial charge in [0.15, 0.2) is 0 Å². The second-order valence-corrected chi connectivity index (χ2v) is 4.95. The van der Waals surface area contributed by atoms with Crippen molar-refractivity contribution in [2.24, 2.45) is 0 Å². The number of hydrogen-bond acceptors (Lipinski definition) is 3. The van der Waals surface area contributed by atoms with E-state index in [1.54, 1.807) is 18.2 Å². The van der Waals surface area contributed by atoms with E-state index < -0.39 is 6.10 Å². The van der Waals surface area contributed by atoms with Gasteiger partial charge in [0.05, 0.1) is 5.02 Å². The molecule has 0 fully saturated rings. The monoisotopic (exact) mass is 277 g/mol. The molecule has 0 aliphatic carbocycles. The first kappa shape index (κ1) is 14.6. The Morgan fingerprint density at radius 2 is 2.06 bits per heavy atom. The zero-order valence-electron chi connectivity index (χ0n) is 9.91. The molecule has 0 aromatic heterocycles. The van der Waals surface area contributed by atoms with Crippen molar-refractivity contribution in [1.82, 2.24) is 5.32 Å². The predicted octanol–water partition coefficient (Wildman–Crippen LogP) is 2.73. The number of nitrogens with one attached hydrogen (secondary N) is 1. The highest BCUT2D eigenvalue weighted by molar-refractivity contribution is 6.34. The Labute approximate surface area is 112 Å². The number of aliphatic hydroxyl groups excluding tert-OH is 1. The SMILES string of the molecule is CC(C)NCC(O)COc1cc(Cl)ccc1Cl. The Hall–Kier alpha value is -0.480. The topological polar surface area (TPSA) is 41.5 Å². The molecule has 0 heterocycles. The molecule has 96 valence electrons. The van der Waals surface area contributed by atoms with E-state index in [2.05, 4.69) is 5.32 Å². The van der Waals surface area contributed by atoms with Crippen LogP contribution in [0.4, 0.5) is 0 Å². The first-order valence-electron chi connectivity index (χ1n) is 5.48. The maximum absolute atomic E-state index is 9.66. The lowest BCUT2D eigenvalue weighted by molar-refractivity contribution is 0.105. The van der Waals surface area contributed by atoms with Crippen LogP contribution in [0.3, 0.4) is 0 Å². The molecule has 0 bridgehead atoms. The summed E-state index contributed by atoms with van der Waals surface area (Å²) in [6.45, 7) is 4.69. The fourth-order valence-electron chi connectivity index (χ4n) is 1.20. The molecule has 0 spiro atoms. The van der Waals surface area contributed by atoms with Gasteiger partial charge in [0.25, 0.3) is 0 Å². The standard InChI is InChI=1S/C12H17Cl2NO2/c1-8(2)15-6-10(16)7-17-12-5-9(13)3-4-11(12)14/h3-5,8,10,15-16H,6-7H2,1-2H3. The Bertz CT molecular complexity index is 358. The molecule has 1 atom stereocenters. The third-order valence-corrected chi connectivity index (χ3v) is 2.63. The third kappa shape index (κ3) is 5.59. The van der Waals surface area contributed by atoms with E-state index in [0.717, 1.165) is 0 Å². The lowest BCUT2D eigenvalue weighted by Gasteiger charge is -2.15. The molecule has 17 heavy (non-hydrogen) atoms. The van der Waals surface area contributed by atoms with E-state index in [-0.39, 0.29) is 6.61 Å². The van der Waals surface area contributed by atoms with E-state index in [9.17, 15) is 5.11 Å². The van der Waals surface area contributed by atoms with E-state index in [0.29, 0.717) is 28.4 Å². The van der Waals surface area contributed by atoms with E-state index in [4.69, 9.17) is 27.9 Å². The highest BCUT2D eigenvalue weighted by atomic mass is 35.5. The largest absolute Gasteiger partial charge is 0.489 e. The van der Waals surface area contributed by atoms with Crippen LogP contribution in [-0.4, -0.2) is 30.4 Å². The highest BCUT2D eigenvalue weighted by Crippen LogP contribution is 2.27. The van der Waals surface area contributed by atoms with Gasteiger partial charge >= 0.3 is 0 Å². The first-order valence-corrected chi connectivity index (χ1v) is 6.24. The second kappa shape index (κ2) is 7.07. The van der Waals surface area contributed by atoms with Gasteiger partial charge in [0, 0.05) is 23.7 Å². The summed E-state index contributed by atoms with van der Waals surface area (Å²) in [5.74, 6) is 0.489. The molecule has 1 aromatic carbocycles. The van der Waals surface area contributed by atoms with Crippen molar-refractivity contribution in [2.45, 2.75) is 26.0 Å². The van der Waals surface area contributed by atoms with Gasteiger partial charge in [-0.3, -0.25) is 0 Å². The van der Waals surface area contributed by atoms with Crippen LogP contribution in [0.2, 0.25) is 10.0 Å². The van der Waals surface area contributed by atoms with Gasteiger partial charge in [0.1, 0.15) is 18.5 Å². The van der Waals surface area contributed by atoms with Gasteiger partial charge in [-0.15, -0.1) is 0 Å². The Morgan fingerprint density at radius 3 is 2.71 bits per heavy atom. The molecule has 3 nitrogen and oxygen atoms in total. The molecule has 1 unspecified atom stereocenters. The van der Waals surface area contributed by atoms with Crippen LogP contribution in [-0.2, 0) is 0 Å². The molecule has 5 heteroatoms. The second-order valence-electron chi connectivity index (χ2n) is 4.10. The van der Waals surface area contributed by atoms with Crippen LogP contribution in [0, 0.1) is 0 Å². The average molecular weight is 278 g/mol. The predicted molar refractivity (Wildman–Crippen MR) is 71.1 cm³/mol. The summed E-state index contributed by atoms with van der Waals surface area (Å²) < 4.78 is 5.41. The number of rotatable bonds is 6. The lowest BCUT2D eigenvalue weighted by atomic mass is 10.3. The number of hydrogen-bond donors (Lipinski definition) is 2. The minimum absolute atomic E-state index is 0.180. The smallest absolute Gasteiger partial charge is 0.139 e. The third-order valence-electron chi connectivity index (χ3n) is 2.09. The summed E-state index contributed by atoms with van der Waals surface area (Å²) in [5.41, 5.74) is 0. The van der Waals surface area contributed by atoms with Crippen molar-refractivity contribution in [3.05, 3.63) is 28.2 Å². The summed E-state index contributed by atoms with van der Waals surface area (Å²) in [6, 6.07) is 5.32. The number of ether oxygens (including phenoxy) is 1. The molecule has 0 aliphatic heterocycles. The number of benzene rings is 1. The average Bonchev–Trinajstić information content (AvgIpc) is 2.27. The van der Waals surface area contributed by atoms with Crippen LogP contribution < -0.4 is 10.1 Å². The maximum atomic E-state index is 9.66. The van der Waals surface area contributed by atoms with Gasteiger partial charge in [-0.25, -0.2) is 0 Å². The summed E-state index contributed by atoms with van der Waals surface area (Å²) in [5, 5.41) is 13.8. The molecule has 2 N–H and O–H groups in total. The number of halogens is 2. The summed E-state index contributed by atoms with van der Waals surface area (Å²) >= 11 is 11.7. The van der Waals surface area contributed by atoms with E-state index >= 15 is 0 Å². The fourth-order valence-corrected chi connectivity index (χ4v) is 1.54. The number of aliphatic hydroxyl groups is 1. The minimum Gasteiger partial charge on any atom is -0.489 e. The van der Waals surface area contributed by atoms with Gasteiger partial charge in [-0.05, 0) is 12.1 Å². The van der Waals surface area contributed by atoms with E-state index in [1.165, 1.54) is 0 Å². The normalized spacial score (nSPS) is 12.8. The highest BCUT2D eigenvalue weighted by Gasteiger charge is 2.08. The van der Waals surface area contributed by atoms with Crippen LogP contribution in [0.5, 0.6) is 5.75 Å². The molecular weight excluding hydrogens is 261 g/mol. The van der Waals surface area contributed by atoms with Crippen molar-refractivity contribution in [3.8, 4) is 5.75 Å². The van der Waals surface area contributed by atoms with Crippen LogP contribution >= 0.6 is 23.2 Å². The van der Waals surface area contributed by atoms with Crippen molar-refractivity contribution in [2.75, 3.05) is 13.2 Å². The molecule has 0 saturated carbocycles. The molecule has 1 rings (SSSR count). The quantitative estimate of drug-likeness (QED) is 0.840. The lowest BCUT2D eigenvalue weighted by Crippen LogP contribution is -2.35. The summed E-state index contributed by atoms with van der Waals surface area (Å²) in [6.07, 6.45) is -0.576. The van der Waals surface area contributed by atoms with Crippen molar-refractivity contribution >= 4 is 23.2 Å². The Morgan fingerprint density at radius 1 is 1.35 bits per heavy atom. The molecule has 0 aliphatic rings. The van der Waals surface area contributed by atoms with Gasteiger partial charge in [0.2, 0.25) is 0 Å². The van der Waals surface area contributed by atoms with Crippen molar-refractivity contribution < 1.29 is 9.84 Å². The van der Waals surface area contributed by atoms with Gasteiger partial charge < -0.3 is 15.2 Å². The van der Waals surface area contributed by atoms with E-state index in [1.807, 2.05) is 13.8 Å². The van der Waals surface area contributed by atoms with Crippen LogP contribution in [0.25, 0.3) is 0 Å². The Balaban J connectivity index is 2.41. The first-order chi connectivity index (χ1) is 7.99. The molecule has 0 radical (unpaired) electrons. The molecule has 0 amide bonds. The molecule has 1 aromatic rings. The zero-order valence-corrected chi connectivity index (χ0v) is 11.4. The summed E-state index contributed by atoms with van der Waals surface area (Å²) in [7, 11) is 0. The van der Waals surface area contributed by atoms with Gasteiger partial charge in [-0.2, -0.15) is 0 Å².